The van der Waals surface area contributed by atoms with Crippen LogP contribution >= 0.6 is 11.8 Å². The van der Waals surface area contributed by atoms with Crippen molar-refractivity contribution < 1.29 is 4.74 Å². The SMILES string of the molecule is CC1CSC(/C=C/c2ccccc2)O1. The minimum Gasteiger partial charge on any atom is -0.360 e. The molecule has 0 aromatic heterocycles. The Kier molecular flexibility index (Phi) is 3.27. The fourth-order valence-electron chi connectivity index (χ4n) is 1.39. The Morgan fingerprint density at radius 1 is 1.36 bits per heavy atom. The van der Waals surface area contributed by atoms with Crippen LogP contribution in [-0.4, -0.2) is 17.3 Å². The van der Waals surface area contributed by atoms with Gasteiger partial charge in [0.25, 0.3) is 0 Å². The molecule has 0 saturated carbocycles. The average Bonchev–Trinajstić information content (AvgIpc) is 2.63. The van der Waals surface area contributed by atoms with E-state index < -0.39 is 0 Å². The molecule has 0 bridgehead atoms. The Morgan fingerprint density at radius 2 is 2.14 bits per heavy atom. The van der Waals surface area contributed by atoms with Gasteiger partial charge >= 0.3 is 0 Å². The van der Waals surface area contributed by atoms with Crippen LogP contribution in [-0.2, 0) is 4.74 Å². The van der Waals surface area contributed by atoms with Crippen molar-refractivity contribution in [2.24, 2.45) is 0 Å². The second-order valence-corrected chi connectivity index (χ2v) is 4.55. The number of thioether (sulfide) groups is 1. The molecule has 2 rings (SSSR count). The maximum atomic E-state index is 5.66. The number of ether oxygens (including phenoxy) is 1. The molecule has 0 radical (unpaired) electrons. The third-order valence-corrected chi connectivity index (χ3v) is 3.37. The van der Waals surface area contributed by atoms with E-state index in [2.05, 4.69) is 31.2 Å². The highest BCUT2D eigenvalue weighted by Crippen LogP contribution is 2.26. The van der Waals surface area contributed by atoms with Crippen LogP contribution in [0.1, 0.15) is 12.5 Å². The summed E-state index contributed by atoms with van der Waals surface area (Å²) < 4.78 is 5.66. The third kappa shape index (κ3) is 2.63. The zero-order valence-electron chi connectivity index (χ0n) is 8.22. The van der Waals surface area contributed by atoms with Crippen LogP contribution in [0.4, 0.5) is 0 Å². The Bertz CT molecular complexity index is 307. The molecule has 1 saturated heterocycles. The summed E-state index contributed by atoms with van der Waals surface area (Å²) in [7, 11) is 0. The van der Waals surface area contributed by atoms with Crippen molar-refractivity contribution in [1.29, 1.82) is 0 Å². The monoisotopic (exact) mass is 206 g/mol. The Labute approximate surface area is 89.2 Å². The van der Waals surface area contributed by atoms with Crippen molar-refractivity contribution >= 4 is 17.8 Å². The molecule has 2 heteroatoms. The van der Waals surface area contributed by atoms with Gasteiger partial charge in [0.15, 0.2) is 0 Å². The van der Waals surface area contributed by atoms with Crippen LogP contribution in [0.5, 0.6) is 0 Å². The van der Waals surface area contributed by atoms with Gasteiger partial charge in [-0.2, -0.15) is 0 Å². The maximum Gasteiger partial charge on any atom is 0.122 e. The molecule has 2 unspecified atom stereocenters. The lowest BCUT2D eigenvalue weighted by molar-refractivity contribution is 0.103. The Morgan fingerprint density at radius 3 is 2.79 bits per heavy atom. The van der Waals surface area contributed by atoms with Crippen LogP contribution < -0.4 is 0 Å². The van der Waals surface area contributed by atoms with Gasteiger partial charge < -0.3 is 4.74 Å². The molecular weight excluding hydrogens is 192 g/mol. The molecule has 1 aliphatic heterocycles. The summed E-state index contributed by atoms with van der Waals surface area (Å²) in [6, 6.07) is 10.3. The Balaban J connectivity index is 1.94. The van der Waals surface area contributed by atoms with E-state index in [9.17, 15) is 0 Å². The standard InChI is InChI=1S/C12H14OS/c1-10-9-14-12(13-10)8-7-11-5-3-2-4-6-11/h2-8,10,12H,9H2,1H3/b8-7+. The van der Waals surface area contributed by atoms with Crippen LogP contribution in [0.15, 0.2) is 36.4 Å². The van der Waals surface area contributed by atoms with Crippen LogP contribution in [0.25, 0.3) is 6.08 Å². The molecule has 1 aromatic rings. The van der Waals surface area contributed by atoms with Crippen molar-refractivity contribution in [2.45, 2.75) is 18.5 Å². The van der Waals surface area contributed by atoms with E-state index in [0.29, 0.717) is 6.10 Å². The van der Waals surface area contributed by atoms with Gasteiger partial charge in [-0.3, -0.25) is 0 Å². The van der Waals surface area contributed by atoms with Crippen LogP contribution in [0.2, 0.25) is 0 Å². The number of benzene rings is 1. The summed E-state index contributed by atoms with van der Waals surface area (Å²) in [5.41, 5.74) is 1.47. The highest BCUT2D eigenvalue weighted by atomic mass is 32.2. The van der Waals surface area contributed by atoms with Gasteiger partial charge in [0.1, 0.15) is 5.44 Å². The minimum absolute atomic E-state index is 0.241. The first kappa shape index (κ1) is 9.81. The molecular formula is C12H14OS. The van der Waals surface area contributed by atoms with E-state index in [-0.39, 0.29) is 5.44 Å². The summed E-state index contributed by atoms with van der Waals surface area (Å²) in [5.74, 6) is 1.10. The summed E-state index contributed by atoms with van der Waals surface area (Å²) >= 11 is 1.86. The molecule has 0 N–H and O–H groups in total. The smallest absolute Gasteiger partial charge is 0.122 e. The second kappa shape index (κ2) is 4.67. The molecule has 1 fully saturated rings. The quantitative estimate of drug-likeness (QED) is 0.735. The lowest BCUT2D eigenvalue weighted by atomic mass is 10.2. The normalized spacial score (nSPS) is 27.2. The molecule has 1 heterocycles. The van der Waals surface area contributed by atoms with Gasteiger partial charge in [-0.05, 0) is 18.6 Å². The lowest BCUT2D eigenvalue weighted by Crippen LogP contribution is -2.04. The first-order chi connectivity index (χ1) is 6.84. The number of hydrogen-bond acceptors (Lipinski definition) is 2. The molecule has 0 amide bonds. The van der Waals surface area contributed by atoms with Gasteiger partial charge in [0.05, 0.1) is 6.10 Å². The van der Waals surface area contributed by atoms with Gasteiger partial charge in [0.2, 0.25) is 0 Å². The molecule has 14 heavy (non-hydrogen) atoms. The molecule has 1 nitrogen and oxygen atoms in total. The molecule has 1 aromatic carbocycles. The highest BCUT2D eigenvalue weighted by molar-refractivity contribution is 8.00. The largest absolute Gasteiger partial charge is 0.360 e. The van der Waals surface area contributed by atoms with E-state index in [1.165, 1.54) is 5.56 Å². The summed E-state index contributed by atoms with van der Waals surface area (Å²) in [6.07, 6.45) is 4.64. The second-order valence-electron chi connectivity index (χ2n) is 3.42. The zero-order chi connectivity index (χ0) is 9.80. The predicted octanol–water partition coefficient (Wildman–Crippen LogP) is 3.18. The van der Waals surface area contributed by atoms with Gasteiger partial charge in [-0.1, -0.05) is 36.4 Å². The van der Waals surface area contributed by atoms with Crippen molar-refractivity contribution in [1.82, 2.24) is 0 Å². The van der Waals surface area contributed by atoms with Gasteiger partial charge in [-0.15, -0.1) is 11.8 Å². The first-order valence-corrected chi connectivity index (χ1v) is 5.90. The zero-order valence-corrected chi connectivity index (χ0v) is 9.04. The molecule has 1 aliphatic rings. The van der Waals surface area contributed by atoms with E-state index in [1.54, 1.807) is 0 Å². The van der Waals surface area contributed by atoms with E-state index in [4.69, 9.17) is 4.74 Å². The molecule has 74 valence electrons. The summed E-state index contributed by atoms with van der Waals surface area (Å²) in [6.45, 7) is 2.11. The summed E-state index contributed by atoms with van der Waals surface area (Å²) in [5, 5.41) is 0. The number of hydrogen-bond donors (Lipinski definition) is 0. The fourth-order valence-corrected chi connectivity index (χ4v) is 2.39. The van der Waals surface area contributed by atoms with Crippen LogP contribution in [0.3, 0.4) is 0 Å². The Hall–Kier alpha value is -0.730. The third-order valence-electron chi connectivity index (χ3n) is 2.11. The predicted molar refractivity (Wildman–Crippen MR) is 62.3 cm³/mol. The fraction of sp³-hybridized carbons (Fsp3) is 0.333. The van der Waals surface area contributed by atoms with Crippen molar-refractivity contribution in [3.05, 3.63) is 42.0 Å². The highest BCUT2D eigenvalue weighted by Gasteiger charge is 2.19. The topological polar surface area (TPSA) is 9.23 Å². The van der Waals surface area contributed by atoms with Crippen molar-refractivity contribution in [3.63, 3.8) is 0 Å². The maximum absolute atomic E-state index is 5.66. The molecule has 2 atom stereocenters. The van der Waals surface area contributed by atoms with E-state index in [1.807, 2.05) is 30.0 Å². The molecule has 0 aliphatic carbocycles. The van der Waals surface area contributed by atoms with Crippen molar-refractivity contribution in [2.75, 3.05) is 5.75 Å². The molecule has 0 spiro atoms. The van der Waals surface area contributed by atoms with Crippen LogP contribution in [0, 0.1) is 0 Å². The van der Waals surface area contributed by atoms with Crippen molar-refractivity contribution in [3.8, 4) is 0 Å². The van der Waals surface area contributed by atoms with Gasteiger partial charge in [0, 0.05) is 5.75 Å². The summed E-state index contributed by atoms with van der Waals surface area (Å²) in [4.78, 5) is 0. The minimum atomic E-state index is 0.241. The van der Waals surface area contributed by atoms with E-state index in [0.717, 1.165) is 5.75 Å². The average molecular weight is 206 g/mol. The lowest BCUT2D eigenvalue weighted by Gasteiger charge is -2.03. The van der Waals surface area contributed by atoms with E-state index >= 15 is 0 Å². The first-order valence-electron chi connectivity index (χ1n) is 4.85. The number of rotatable bonds is 2. The van der Waals surface area contributed by atoms with Gasteiger partial charge in [-0.25, -0.2) is 0 Å².